The van der Waals surface area contributed by atoms with E-state index in [1.165, 1.54) is 0 Å². The van der Waals surface area contributed by atoms with Crippen LogP contribution in [0, 0.1) is 0 Å². The van der Waals surface area contributed by atoms with E-state index in [2.05, 4.69) is 32.1 Å². The van der Waals surface area contributed by atoms with Gasteiger partial charge in [0, 0.05) is 0 Å². The largest absolute Gasteiger partial charge is 0.494 e. The predicted octanol–water partition coefficient (Wildman–Crippen LogP) is 5.60. The predicted molar refractivity (Wildman–Crippen MR) is 103 cm³/mol. The number of unbranched alkanes of at least 4 members (excludes halogenated alkanes) is 1. The van der Waals surface area contributed by atoms with Gasteiger partial charge in [0.1, 0.15) is 5.75 Å². The first-order valence-electron chi connectivity index (χ1n) is 8.82. The number of benzene rings is 2. The highest BCUT2D eigenvalue weighted by Crippen LogP contribution is 2.21. The molecule has 0 fully saturated rings. The Morgan fingerprint density at radius 2 is 1.60 bits per heavy atom. The number of carbonyl (C=O) groups excluding carboxylic acids is 1. The van der Waals surface area contributed by atoms with Gasteiger partial charge in [0.05, 0.1) is 18.8 Å². The number of carbonyl (C=O) groups is 1. The minimum absolute atomic E-state index is 0.284. The van der Waals surface area contributed by atoms with E-state index < -0.39 is 0 Å². The van der Waals surface area contributed by atoms with E-state index in [0.717, 1.165) is 41.9 Å². The molecule has 0 amide bonds. The molecule has 0 N–H and O–H groups in total. The average Bonchev–Trinajstić information content (AvgIpc) is 2.63. The van der Waals surface area contributed by atoms with Gasteiger partial charge in [-0.25, -0.2) is 4.79 Å². The van der Waals surface area contributed by atoms with Crippen LogP contribution in [-0.2, 0) is 4.74 Å². The van der Waals surface area contributed by atoms with Crippen LogP contribution in [0.2, 0.25) is 0 Å². The molecule has 0 aromatic heterocycles. The third-order valence-corrected chi connectivity index (χ3v) is 3.88. The molecule has 0 aliphatic rings. The Morgan fingerprint density at radius 1 is 0.960 bits per heavy atom. The van der Waals surface area contributed by atoms with Crippen molar-refractivity contribution in [1.29, 1.82) is 0 Å². The van der Waals surface area contributed by atoms with Crippen molar-refractivity contribution in [3.05, 3.63) is 65.2 Å². The van der Waals surface area contributed by atoms with Gasteiger partial charge in [-0.1, -0.05) is 43.7 Å². The van der Waals surface area contributed by atoms with Crippen LogP contribution in [0.3, 0.4) is 0 Å². The fourth-order valence-corrected chi connectivity index (χ4v) is 2.41. The van der Waals surface area contributed by atoms with Crippen LogP contribution in [0.25, 0.3) is 11.6 Å². The molecule has 3 heteroatoms. The molecule has 0 saturated heterocycles. The van der Waals surface area contributed by atoms with Crippen LogP contribution < -0.4 is 4.74 Å². The Labute approximate surface area is 150 Å². The molecule has 132 valence electrons. The number of hydrogen-bond acceptors (Lipinski definition) is 3. The van der Waals surface area contributed by atoms with Crippen LogP contribution in [-0.4, -0.2) is 19.2 Å². The van der Waals surface area contributed by atoms with Crippen LogP contribution in [0.1, 0.15) is 55.1 Å². The monoisotopic (exact) mass is 338 g/mol. The van der Waals surface area contributed by atoms with Gasteiger partial charge in [-0.15, -0.1) is 0 Å². The average molecular weight is 338 g/mol. The molecule has 0 spiro atoms. The third-order valence-electron chi connectivity index (χ3n) is 3.88. The van der Waals surface area contributed by atoms with Gasteiger partial charge in [0.25, 0.3) is 0 Å². The number of allylic oxidation sites excluding steroid dienone is 1. The smallest absolute Gasteiger partial charge is 0.338 e. The second-order valence-electron chi connectivity index (χ2n) is 5.90. The summed E-state index contributed by atoms with van der Waals surface area (Å²) in [6.07, 6.45) is 4.30. The van der Waals surface area contributed by atoms with Crippen molar-refractivity contribution in [3.8, 4) is 5.75 Å². The summed E-state index contributed by atoms with van der Waals surface area (Å²) in [5.74, 6) is 0.622. The third kappa shape index (κ3) is 5.79. The number of ether oxygens (including phenoxy) is 2. The van der Waals surface area contributed by atoms with Crippen molar-refractivity contribution >= 4 is 17.6 Å². The number of esters is 1. The summed E-state index contributed by atoms with van der Waals surface area (Å²) in [6.45, 7) is 7.18. The molecule has 0 unspecified atom stereocenters. The van der Waals surface area contributed by atoms with Crippen LogP contribution in [0.4, 0.5) is 0 Å². The fraction of sp³-hybridized carbons (Fsp3) is 0.318. The lowest BCUT2D eigenvalue weighted by molar-refractivity contribution is 0.0526. The van der Waals surface area contributed by atoms with Gasteiger partial charge in [-0.2, -0.15) is 0 Å². The van der Waals surface area contributed by atoms with Crippen LogP contribution in [0.5, 0.6) is 5.75 Å². The minimum atomic E-state index is -0.284. The van der Waals surface area contributed by atoms with Crippen molar-refractivity contribution in [2.75, 3.05) is 13.2 Å². The van der Waals surface area contributed by atoms with Gasteiger partial charge in [-0.3, -0.25) is 0 Å². The Hall–Kier alpha value is -2.55. The first kappa shape index (κ1) is 18.8. The quantitative estimate of drug-likeness (QED) is 0.357. The zero-order valence-corrected chi connectivity index (χ0v) is 15.2. The molecule has 0 aliphatic carbocycles. The normalized spacial score (nSPS) is 11.2. The summed E-state index contributed by atoms with van der Waals surface area (Å²) >= 11 is 0. The van der Waals surface area contributed by atoms with Crippen molar-refractivity contribution in [2.45, 2.75) is 33.6 Å². The Balaban J connectivity index is 2.03. The lowest BCUT2D eigenvalue weighted by Crippen LogP contribution is -2.03. The zero-order valence-electron chi connectivity index (χ0n) is 15.2. The SMILES string of the molecule is CCCCOc1ccc(/C(C)=C/c2ccc(C(=O)OCC)cc2)cc1. The molecule has 0 bridgehead atoms. The molecule has 0 saturated carbocycles. The van der Waals surface area contributed by atoms with E-state index >= 15 is 0 Å². The molecule has 25 heavy (non-hydrogen) atoms. The maximum atomic E-state index is 11.7. The molecule has 0 heterocycles. The first-order chi connectivity index (χ1) is 12.1. The van der Waals surface area contributed by atoms with Gasteiger partial charge in [0.2, 0.25) is 0 Å². The summed E-state index contributed by atoms with van der Waals surface area (Å²) in [5.41, 5.74) is 3.93. The van der Waals surface area contributed by atoms with E-state index in [9.17, 15) is 4.79 Å². The fourth-order valence-electron chi connectivity index (χ4n) is 2.41. The van der Waals surface area contributed by atoms with Crippen LogP contribution in [0.15, 0.2) is 48.5 Å². The van der Waals surface area contributed by atoms with Crippen molar-refractivity contribution in [3.63, 3.8) is 0 Å². The molecular formula is C22H26O3. The first-order valence-corrected chi connectivity index (χ1v) is 8.82. The molecular weight excluding hydrogens is 312 g/mol. The van der Waals surface area contributed by atoms with E-state index in [1.54, 1.807) is 19.1 Å². The lowest BCUT2D eigenvalue weighted by Gasteiger charge is -2.07. The van der Waals surface area contributed by atoms with Crippen molar-refractivity contribution in [2.24, 2.45) is 0 Å². The summed E-state index contributed by atoms with van der Waals surface area (Å²) < 4.78 is 10.7. The Morgan fingerprint density at radius 3 is 2.20 bits per heavy atom. The molecule has 3 nitrogen and oxygen atoms in total. The summed E-state index contributed by atoms with van der Waals surface area (Å²) in [6, 6.07) is 15.6. The molecule has 0 aliphatic heterocycles. The van der Waals surface area contributed by atoms with Gasteiger partial charge < -0.3 is 9.47 Å². The van der Waals surface area contributed by atoms with Gasteiger partial charge >= 0.3 is 5.97 Å². The highest BCUT2D eigenvalue weighted by Gasteiger charge is 2.05. The van der Waals surface area contributed by atoms with E-state index in [0.29, 0.717) is 12.2 Å². The van der Waals surface area contributed by atoms with Crippen molar-refractivity contribution in [1.82, 2.24) is 0 Å². The minimum Gasteiger partial charge on any atom is -0.494 e. The molecule has 2 aromatic carbocycles. The lowest BCUT2D eigenvalue weighted by atomic mass is 10.0. The molecule has 0 atom stereocenters. The standard InChI is InChI=1S/C22H26O3/c1-4-6-15-25-21-13-11-19(12-14-21)17(3)16-18-7-9-20(10-8-18)22(23)24-5-2/h7-14,16H,4-6,15H2,1-3H3/b17-16+. The van der Waals surface area contributed by atoms with E-state index in [1.807, 2.05) is 24.3 Å². The highest BCUT2D eigenvalue weighted by atomic mass is 16.5. The zero-order chi connectivity index (χ0) is 18.1. The van der Waals surface area contributed by atoms with E-state index in [-0.39, 0.29) is 5.97 Å². The summed E-state index contributed by atoms with van der Waals surface area (Å²) in [5, 5.41) is 0. The Bertz CT molecular complexity index is 697. The van der Waals surface area contributed by atoms with Gasteiger partial charge in [0.15, 0.2) is 0 Å². The summed E-state index contributed by atoms with van der Waals surface area (Å²) in [4.78, 5) is 11.7. The molecule has 2 rings (SSSR count). The maximum Gasteiger partial charge on any atom is 0.338 e. The number of hydrogen-bond donors (Lipinski definition) is 0. The maximum absolute atomic E-state index is 11.7. The number of rotatable bonds is 8. The van der Waals surface area contributed by atoms with E-state index in [4.69, 9.17) is 9.47 Å². The second kappa shape index (κ2) is 9.67. The second-order valence-corrected chi connectivity index (χ2v) is 5.90. The molecule has 2 aromatic rings. The highest BCUT2D eigenvalue weighted by molar-refractivity contribution is 5.90. The summed E-state index contributed by atoms with van der Waals surface area (Å²) in [7, 11) is 0. The van der Waals surface area contributed by atoms with Crippen molar-refractivity contribution < 1.29 is 14.3 Å². The topological polar surface area (TPSA) is 35.5 Å². The van der Waals surface area contributed by atoms with Crippen LogP contribution >= 0.6 is 0 Å². The van der Waals surface area contributed by atoms with Gasteiger partial charge in [-0.05, 0) is 61.2 Å². The Kier molecular flexibility index (Phi) is 7.27. The molecule has 0 radical (unpaired) electrons.